The molecule has 0 heterocycles. The number of hydrogen-bond donors (Lipinski definition) is 2. The summed E-state index contributed by atoms with van der Waals surface area (Å²) in [6.45, 7) is 1.92. The van der Waals surface area contributed by atoms with Gasteiger partial charge < -0.3 is 10.2 Å². The fourth-order valence-electron chi connectivity index (χ4n) is 2.07. The lowest BCUT2D eigenvalue weighted by molar-refractivity contribution is -0.0849. The van der Waals surface area contributed by atoms with Crippen molar-refractivity contribution in [2.24, 2.45) is 11.8 Å². The molecule has 0 amide bonds. The zero-order valence-electron chi connectivity index (χ0n) is 7.87. The van der Waals surface area contributed by atoms with E-state index in [9.17, 15) is 0 Å². The van der Waals surface area contributed by atoms with Crippen molar-refractivity contribution < 1.29 is 10.2 Å². The van der Waals surface area contributed by atoms with Crippen LogP contribution in [0.25, 0.3) is 0 Å². The topological polar surface area (TPSA) is 40.5 Å². The van der Waals surface area contributed by atoms with E-state index in [0.29, 0.717) is 0 Å². The van der Waals surface area contributed by atoms with Crippen molar-refractivity contribution in [3.63, 3.8) is 0 Å². The predicted molar refractivity (Wildman–Crippen MR) is 48.6 cm³/mol. The number of rotatable bonds is 3. The molecule has 2 nitrogen and oxygen atoms in total. The van der Waals surface area contributed by atoms with Crippen LogP contribution in [0.4, 0.5) is 0 Å². The monoisotopic (exact) mass is 172 g/mol. The summed E-state index contributed by atoms with van der Waals surface area (Å²) in [5.74, 6) is 0.795. The maximum atomic E-state index is 8.91. The standard InChI is InChI=1S/C10H20O2/c1-8(10(11)12)7-9-5-3-2-4-6-9/h8-12H,2-7H2,1H3. The largest absolute Gasteiger partial charge is 0.368 e. The molecule has 1 atom stereocenters. The Morgan fingerprint density at radius 3 is 2.25 bits per heavy atom. The molecule has 0 radical (unpaired) electrons. The molecule has 0 bridgehead atoms. The van der Waals surface area contributed by atoms with E-state index in [2.05, 4.69) is 0 Å². The summed E-state index contributed by atoms with van der Waals surface area (Å²) in [6.07, 6.45) is 6.47. The third kappa shape index (κ3) is 3.11. The minimum Gasteiger partial charge on any atom is -0.368 e. The molecule has 2 N–H and O–H groups in total. The minimum atomic E-state index is -1.12. The van der Waals surface area contributed by atoms with Gasteiger partial charge in [-0.2, -0.15) is 0 Å². The van der Waals surface area contributed by atoms with E-state index >= 15 is 0 Å². The van der Waals surface area contributed by atoms with Gasteiger partial charge in [-0.05, 0) is 12.3 Å². The summed E-state index contributed by atoms with van der Waals surface area (Å²) < 4.78 is 0. The van der Waals surface area contributed by atoms with Crippen LogP contribution in [-0.4, -0.2) is 16.5 Å². The van der Waals surface area contributed by atoms with Gasteiger partial charge in [-0.1, -0.05) is 39.0 Å². The van der Waals surface area contributed by atoms with E-state index in [1.165, 1.54) is 32.1 Å². The van der Waals surface area contributed by atoms with Gasteiger partial charge in [0.25, 0.3) is 0 Å². The fraction of sp³-hybridized carbons (Fsp3) is 1.00. The minimum absolute atomic E-state index is 0.0492. The Bertz CT molecular complexity index is 117. The molecule has 12 heavy (non-hydrogen) atoms. The Morgan fingerprint density at radius 2 is 1.75 bits per heavy atom. The van der Waals surface area contributed by atoms with Crippen molar-refractivity contribution in [2.75, 3.05) is 0 Å². The molecule has 2 heteroatoms. The predicted octanol–water partition coefficient (Wildman–Crippen LogP) is 1.90. The zero-order valence-corrected chi connectivity index (χ0v) is 7.87. The van der Waals surface area contributed by atoms with Crippen molar-refractivity contribution in [1.29, 1.82) is 0 Å². The van der Waals surface area contributed by atoms with E-state index in [1.807, 2.05) is 6.92 Å². The van der Waals surface area contributed by atoms with Crippen molar-refractivity contribution in [1.82, 2.24) is 0 Å². The average molecular weight is 172 g/mol. The molecule has 0 aromatic heterocycles. The molecular weight excluding hydrogens is 152 g/mol. The molecule has 0 aromatic rings. The second kappa shape index (κ2) is 4.83. The van der Waals surface area contributed by atoms with Crippen molar-refractivity contribution >= 4 is 0 Å². The van der Waals surface area contributed by atoms with Gasteiger partial charge in [-0.15, -0.1) is 0 Å². The van der Waals surface area contributed by atoms with Crippen LogP contribution in [0, 0.1) is 11.8 Å². The van der Waals surface area contributed by atoms with E-state index in [1.54, 1.807) is 0 Å². The van der Waals surface area contributed by atoms with Crippen LogP contribution in [0.3, 0.4) is 0 Å². The van der Waals surface area contributed by atoms with Crippen molar-refractivity contribution in [3.05, 3.63) is 0 Å². The second-order valence-electron chi connectivity index (χ2n) is 4.13. The first kappa shape index (κ1) is 10.0. The maximum Gasteiger partial charge on any atom is 0.154 e. The SMILES string of the molecule is CC(CC1CCCCC1)C(O)O. The molecule has 1 aliphatic carbocycles. The quantitative estimate of drug-likeness (QED) is 0.638. The lowest BCUT2D eigenvalue weighted by Gasteiger charge is -2.25. The van der Waals surface area contributed by atoms with E-state index in [-0.39, 0.29) is 5.92 Å². The summed E-state index contributed by atoms with van der Waals surface area (Å²) in [7, 11) is 0. The third-order valence-electron chi connectivity index (χ3n) is 2.94. The molecule has 0 aromatic carbocycles. The van der Waals surface area contributed by atoms with Crippen molar-refractivity contribution in [2.45, 2.75) is 51.7 Å². The Morgan fingerprint density at radius 1 is 1.17 bits per heavy atom. The van der Waals surface area contributed by atoms with Crippen LogP contribution in [0.2, 0.25) is 0 Å². The molecule has 0 saturated heterocycles. The molecule has 1 fully saturated rings. The van der Waals surface area contributed by atoms with E-state index < -0.39 is 6.29 Å². The Kier molecular flexibility index (Phi) is 4.02. The van der Waals surface area contributed by atoms with Gasteiger partial charge in [0.15, 0.2) is 6.29 Å². The zero-order chi connectivity index (χ0) is 8.97. The fourth-order valence-corrected chi connectivity index (χ4v) is 2.07. The maximum absolute atomic E-state index is 8.91. The average Bonchev–Trinajstić information content (AvgIpc) is 2.06. The number of aliphatic hydroxyl groups excluding tert-OH is 1. The number of aliphatic hydroxyl groups is 2. The van der Waals surface area contributed by atoms with Gasteiger partial charge >= 0.3 is 0 Å². The van der Waals surface area contributed by atoms with E-state index in [4.69, 9.17) is 10.2 Å². The molecule has 1 aliphatic rings. The highest BCUT2D eigenvalue weighted by Gasteiger charge is 2.19. The Hall–Kier alpha value is -0.0800. The first-order chi connectivity index (χ1) is 5.70. The molecule has 1 unspecified atom stereocenters. The molecule has 0 aliphatic heterocycles. The summed E-state index contributed by atoms with van der Waals surface area (Å²) in [4.78, 5) is 0. The molecule has 72 valence electrons. The summed E-state index contributed by atoms with van der Waals surface area (Å²) in [6, 6.07) is 0. The van der Waals surface area contributed by atoms with Crippen LogP contribution >= 0.6 is 0 Å². The summed E-state index contributed by atoms with van der Waals surface area (Å²) >= 11 is 0. The third-order valence-corrected chi connectivity index (χ3v) is 2.94. The Balaban J connectivity index is 2.20. The van der Waals surface area contributed by atoms with Crippen LogP contribution < -0.4 is 0 Å². The van der Waals surface area contributed by atoms with Gasteiger partial charge in [-0.3, -0.25) is 0 Å². The van der Waals surface area contributed by atoms with Gasteiger partial charge in [0, 0.05) is 5.92 Å². The molecule has 0 spiro atoms. The first-order valence-electron chi connectivity index (χ1n) is 5.06. The number of hydrogen-bond acceptors (Lipinski definition) is 2. The lowest BCUT2D eigenvalue weighted by Crippen LogP contribution is -2.20. The smallest absolute Gasteiger partial charge is 0.154 e. The molecule has 1 saturated carbocycles. The van der Waals surface area contributed by atoms with Gasteiger partial charge in [0.05, 0.1) is 0 Å². The normalized spacial score (nSPS) is 23.0. The highest BCUT2D eigenvalue weighted by atomic mass is 16.5. The highest BCUT2D eigenvalue weighted by molar-refractivity contribution is 4.69. The Labute approximate surface area is 74.6 Å². The van der Waals surface area contributed by atoms with Gasteiger partial charge in [0.2, 0.25) is 0 Å². The lowest BCUT2D eigenvalue weighted by atomic mass is 9.83. The molecule has 1 rings (SSSR count). The van der Waals surface area contributed by atoms with Crippen LogP contribution in [0.1, 0.15) is 45.4 Å². The highest BCUT2D eigenvalue weighted by Crippen LogP contribution is 2.29. The van der Waals surface area contributed by atoms with E-state index in [0.717, 1.165) is 12.3 Å². The van der Waals surface area contributed by atoms with Crippen molar-refractivity contribution in [3.8, 4) is 0 Å². The summed E-state index contributed by atoms with van der Waals surface area (Å²) in [5.41, 5.74) is 0. The van der Waals surface area contributed by atoms with Gasteiger partial charge in [-0.25, -0.2) is 0 Å². The van der Waals surface area contributed by atoms with Crippen LogP contribution in [0.5, 0.6) is 0 Å². The second-order valence-corrected chi connectivity index (χ2v) is 4.13. The van der Waals surface area contributed by atoms with Crippen LogP contribution in [0.15, 0.2) is 0 Å². The first-order valence-corrected chi connectivity index (χ1v) is 5.06. The van der Waals surface area contributed by atoms with Crippen LogP contribution in [-0.2, 0) is 0 Å². The summed E-state index contributed by atoms with van der Waals surface area (Å²) in [5, 5.41) is 17.8. The molecular formula is C10H20O2. The van der Waals surface area contributed by atoms with Gasteiger partial charge in [0.1, 0.15) is 0 Å².